The molecule has 0 aromatic heterocycles. The van der Waals surface area contributed by atoms with Crippen molar-refractivity contribution in [1.29, 1.82) is 0 Å². The highest BCUT2D eigenvalue weighted by Crippen LogP contribution is 2.21. The van der Waals surface area contributed by atoms with Crippen molar-refractivity contribution in [1.82, 2.24) is 5.32 Å². The third-order valence-electron chi connectivity index (χ3n) is 2.67. The van der Waals surface area contributed by atoms with Crippen LogP contribution in [0.3, 0.4) is 0 Å². The Balaban J connectivity index is 2.01. The Morgan fingerprint density at radius 3 is 2.68 bits per heavy atom. The van der Waals surface area contributed by atoms with E-state index in [-0.39, 0.29) is 5.82 Å². The smallest absolute Gasteiger partial charge is 0.141 e. The van der Waals surface area contributed by atoms with Gasteiger partial charge in [-0.2, -0.15) is 0 Å². The van der Waals surface area contributed by atoms with Crippen molar-refractivity contribution < 1.29 is 9.13 Å². The lowest BCUT2D eigenvalue weighted by atomic mass is 10.1. The molecule has 0 aliphatic rings. The number of halogens is 2. The maximum Gasteiger partial charge on any atom is 0.141 e. The Kier molecular flexibility index (Phi) is 4.93. The van der Waals surface area contributed by atoms with Gasteiger partial charge in [-0.05, 0) is 46.2 Å². The highest BCUT2D eigenvalue weighted by molar-refractivity contribution is 9.10. The van der Waals surface area contributed by atoms with E-state index in [1.165, 1.54) is 11.6 Å². The van der Waals surface area contributed by atoms with E-state index in [1.807, 2.05) is 19.2 Å². The summed E-state index contributed by atoms with van der Waals surface area (Å²) in [5.74, 6) is 0.209. The van der Waals surface area contributed by atoms with Crippen molar-refractivity contribution in [3.05, 3.63) is 63.9 Å². The lowest BCUT2D eigenvalue weighted by molar-refractivity contribution is 0.304. The summed E-state index contributed by atoms with van der Waals surface area (Å²) in [6.45, 7) is 1.25. The van der Waals surface area contributed by atoms with Crippen molar-refractivity contribution >= 4 is 15.9 Å². The van der Waals surface area contributed by atoms with Gasteiger partial charge in [-0.3, -0.25) is 0 Å². The molecule has 2 aromatic carbocycles. The number of ether oxygens (including phenoxy) is 1. The van der Waals surface area contributed by atoms with Crippen LogP contribution in [0.1, 0.15) is 11.1 Å². The van der Waals surface area contributed by atoms with Crippen LogP contribution in [0.2, 0.25) is 0 Å². The molecular weight excluding hydrogens is 309 g/mol. The van der Waals surface area contributed by atoms with Crippen LogP contribution in [0.15, 0.2) is 46.9 Å². The predicted octanol–water partition coefficient (Wildman–Crippen LogP) is 3.89. The quantitative estimate of drug-likeness (QED) is 0.901. The van der Waals surface area contributed by atoms with Gasteiger partial charge in [-0.25, -0.2) is 4.39 Å². The summed E-state index contributed by atoms with van der Waals surface area (Å²) in [4.78, 5) is 0. The molecule has 0 aliphatic heterocycles. The third kappa shape index (κ3) is 4.04. The first kappa shape index (κ1) is 14.0. The molecule has 0 saturated carbocycles. The molecule has 0 heterocycles. The molecule has 0 radical (unpaired) electrons. The van der Waals surface area contributed by atoms with Gasteiger partial charge in [0.1, 0.15) is 18.2 Å². The van der Waals surface area contributed by atoms with E-state index in [0.29, 0.717) is 16.8 Å². The Morgan fingerprint density at radius 1 is 1.16 bits per heavy atom. The molecule has 0 saturated heterocycles. The molecule has 0 spiro atoms. The SMILES string of the molecule is CNCc1cccc(COc2ccc(Br)c(F)c2)c1. The number of hydrogen-bond donors (Lipinski definition) is 1. The normalized spacial score (nSPS) is 10.5. The minimum Gasteiger partial charge on any atom is -0.489 e. The van der Waals surface area contributed by atoms with Crippen molar-refractivity contribution in [2.24, 2.45) is 0 Å². The maximum atomic E-state index is 13.3. The summed E-state index contributed by atoms with van der Waals surface area (Å²) in [5.41, 5.74) is 2.27. The van der Waals surface area contributed by atoms with Gasteiger partial charge in [-0.15, -0.1) is 0 Å². The largest absolute Gasteiger partial charge is 0.489 e. The molecule has 4 heteroatoms. The summed E-state index contributed by atoms with van der Waals surface area (Å²) in [6, 6.07) is 12.9. The number of hydrogen-bond acceptors (Lipinski definition) is 2. The highest BCUT2D eigenvalue weighted by Gasteiger charge is 2.02. The van der Waals surface area contributed by atoms with Crippen LogP contribution < -0.4 is 10.1 Å². The third-order valence-corrected chi connectivity index (χ3v) is 3.31. The minimum absolute atomic E-state index is 0.318. The first-order chi connectivity index (χ1) is 9.19. The van der Waals surface area contributed by atoms with Crippen LogP contribution in [-0.4, -0.2) is 7.05 Å². The molecule has 0 amide bonds. The van der Waals surface area contributed by atoms with Crippen LogP contribution in [0.4, 0.5) is 4.39 Å². The molecule has 1 N–H and O–H groups in total. The summed E-state index contributed by atoms with van der Waals surface area (Å²) in [5, 5.41) is 3.10. The zero-order chi connectivity index (χ0) is 13.7. The van der Waals surface area contributed by atoms with Gasteiger partial charge >= 0.3 is 0 Å². The first-order valence-electron chi connectivity index (χ1n) is 5.99. The second kappa shape index (κ2) is 6.68. The van der Waals surface area contributed by atoms with E-state index in [9.17, 15) is 4.39 Å². The van der Waals surface area contributed by atoms with Gasteiger partial charge in [0.2, 0.25) is 0 Å². The lowest BCUT2D eigenvalue weighted by Crippen LogP contribution is -2.05. The maximum absolute atomic E-state index is 13.3. The number of nitrogens with one attached hydrogen (secondary N) is 1. The molecule has 2 rings (SSSR count). The van der Waals surface area contributed by atoms with E-state index in [4.69, 9.17) is 4.74 Å². The second-order valence-corrected chi connectivity index (χ2v) is 5.07. The minimum atomic E-state index is -0.318. The Morgan fingerprint density at radius 2 is 1.95 bits per heavy atom. The first-order valence-corrected chi connectivity index (χ1v) is 6.78. The van der Waals surface area contributed by atoms with Crippen molar-refractivity contribution in [2.45, 2.75) is 13.2 Å². The van der Waals surface area contributed by atoms with Crippen LogP contribution in [0, 0.1) is 5.82 Å². The molecule has 0 aliphatic carbocycles. The molecule has 0 unspecified atom stereocenters. The molecule has 0 fully saturated rings. The molecule has 0 bridgehead atoms. The molecule has 19 heavy (non-hydrogen) atoms. The van der Waals surface area contributed by atoms with Crippen molar-refractivity contribution in [3.8, 4) is 5.75 Å². The van der Waals surface area contributed by atoms with E-state index >= 15 is 0 Å². The average molecular weight is 324 g/mol. The van der Waals surface area contributed by atoms with Gasteiger partial charge in [0.05, 0.1) is 4.47 Å². The van der Waals surface area contributed by atoms with Crippen molar-refractivity contribution in [2.75, 3.05) is 7.05 Å². The van der Waals surface area contributed by atoms with Crippen LogP contribution >= 0.6 is 15.9 Å². The Bertz CT molecular complexity index is 560. The zero-order valence-corrected chi connectivity index (χ0v) is 12.2. The summed E-state index contributed by atoms with van der Waals surface area (Å²) in [6.07, 6.45) is 0. The van der Waals surface area contributed by atoms with Gasteiger partial charge < -0.3 is 10.1 Å². The number of benzene rings is 2. The molecular formula is C15H15BrFNO. The molecule has 2 aromatic rings. The fourth-order valence-corrected chi connectivity index (χ4v) is 2.01. The predicted molar refractivity (Wildman–Crippen MR) is 77.6 cm³/mol. The zero-order valence-electron chi connectivity index (χ0n) is 10.6. The van der Waals surface area contributed by atoms with Crippen molar-refractivity contribution in [3.63, 3.8) is 0 Å². The fourth-order valence-electron chi connectivity index (χ4n) is 1.77. The molecule has 0 atom stereocenters. The van der Waals surface area contributed by atoms with E-state index < -0.39 is 0 Å². The second-order valence-electron chi connectivity index (χ2n) is 4.21. The van der Waals surface area contributed by atoms with Gasteiger partial charge in [-0.1, -0.05) is 24.3 Å². The highest BCUT2D eigenvalue weighted by atomic mass is 79.9. The van der Waals surface area contributed by atoms with Gasteiger partial charge in [0.15, 0.2) is 0 Å². The number of rotatable bonds is 5. The van der Waals surface area contributed by atoms with Crippen LogP contribution in [0.5, 0.6) is 5.75 Å². The standard InChI is InChI=1S/C15H15BrFNO/c1-18-9-11-3-2-4-12(7-11)10-19-13-5-6-14(16)15(17)8-13/h2-8,18H,9-10H2,1H3. The summed E-state index contributed by atoms with van der Waals surface area (Å²) in [7, 11) is 1.91. The van der Waals surface area contributed by atoms with E-state index in [0.717, 1.165) is 12.1 Å². The van der Waals surface area contributed by atoms with Crippen LogP contribution in [0.25, 0.3) is 0 Å². The van der Waals surface area contributed by atoms with E-state index in [1.54, 1.807) is 12.1 Å². The fraction of sp³-hybridized carbons (Fsp3) is 0.200. The topological polar surface area (TPSA) is 21.3 Å². The van der Waals surface area contributed by atoms with E-state index in [2.05, 4.69) is 33.4 Å². The molecule has 2 nitrogen and oxygen atoms in total. The summed E-state index contributed by atoms with van der Waals surface area (Å²) >= 11 is 3.11. The van der Waals surface area contributed by atoms with Gasteiger partial charge in [0.25, 0.3) is 0 Å². The Hall–Kier alpha value is -1.39. The molecule has 100 valence electrons. The summed E-state index contributed by atoms with van der Waals surface area (Å²) < 4.78 is 19.4. The van der Waals surface area contributed by atoms with Crippen LogP contribution in [-0.2, 0) is 13.2 Å². The lowest BCUT2D eigenvalue weighted by Gasteiger charge is -2.08. The average Bonchev–Trinajstić information content (AvgIpc) is 2.41. The monoisotopic (exact) mass is 323 g/mol. The Labute approximate surface area is 120 Å². The van der Waals surface area contributed by atoms with Gasteiger partial charge in [0, 0.05) is 12.6 Å².